The average Bonchev–Trinajstić information content (AvgIpc) is 2.79. The molecule has 0 radical (unpaired) electrons. The molecule has 0 atom stereocenters. The van der Waals surface area contributed by atoms with Gasteiger partial charge in [0.2, 0.25) is 11.9 Å². The molecule has 0 saturated carbocycles. The van der Waals surface area contributed by atoms with Crippen LogP contribution in [0.3, 0.4) is 0 Å². The van der Waals surface area contributed by atoms with E-state index in [2.05, 4.69) is 30.4 Å². The van der Waals surface area contributed by atoms with Crippen molar-refractivity contribution < 1.29 is 23.9 Å². The second-order valence-corrected chi connectivity index (χ2v) is 8.42. The number of carbonyl (C=O) groups excluding carboxylic acids is 3. The Balaban J connectivity index is 2.36. The van der Waals surface area contributed by atoms with Crippen molar-refractivity contribution in [2.45, 2.75) is 36.5 Å². The van der Waals surface area contributed by atoms with Crippen LogP contribution in [0.1, 0.15) is 26.7 Å². The van der Waals surface area contributed by atoms with E-state index in [1.807, 2.05) is 50.2 Å². The fourth-order valence-electron chi connectivity index (χ4n) is 2.56. The van der Waals surface area contributed by atoms with Crippen LogP contribution in [0.4, 0.5) is 21.0 Å². The van der Waals surface area contributed by atoms with Gasteiger partial charge in [0.1, 0.15) is 0 Å². The number of methoxy groups -OCH3 is 2. The first-order valence-electron chi connectivity index (χ1n) is 10.3. The van der Waals surface area contributed by atoms with Gasteiger partial charge in [-0.25, -0.2) is 9.59 Å². The molecule has 0 heterocycles. The highest BCUT2D eigenvalue weighted by Gasteiger charge is 2.14. The van der Waals surface area contributed by atoms with E-state index in [1.54, 1.807) is 12.1 Å². The van der Waals surface area contributed by atoms with Gasteiger partial charge in [-0.1, -0.05) is 43.8 Å². The Kier molecular flexibility index (Phi) is 10.2. The normalized spacial score (nSPS) is 11.0. The van der Waals surface area contributed by atoms with Crippen molar-refractivity contribution in [3.05, 3.63) is 48.5 Å². The first kappa shape index (κ1) is 25.7. The van der Waals surface area contributed by atoms with Crippen molar-refractivity contribution >= 4 is 47.2 Å². The highest BCUT2D eigenvalue weighted by Crippen LogP contribution is 2.33. The van der Waals surface area contributed by atoms with Crippen LogP contribution in [0, 0.1) is 5.92 Å². The SMILES string of the molecule is COC(=O)N=C(NC(=O)OC)Nc1cc(Sc2ccccc2)ccc1NC(=O)CCC(C)C. The predicted octanol–water partition coefficient (Wildman–Crippen LogP) is 5.10. The lowest BCUT2D eigenvalue weighted by molar-refractivity contribution is -0.116. The number of guanidine groups is 1. The van der Waals surface area contributed by atoms with Gasteiger partial charge in [0.25, 0.3) is 0 Å². The molecule has 176 valence electrons. The Bertz CT molecular complexity index is 996. The molecule has 3 amide bonds. The summed E-state index contributed by atoms with van der Waals surface area (Å²) in [6.07, 6.45) is -0.648. The number of hydrogen-bond donors (Lipinski definition) is 3. The van der Waals surface area contributed by atoms with Gasteiger partial charge in [0.15, 0.2) is 0 Å². The summed E-state index contributed by atoms with van der Waals surface area (Å²) >= 11 is 1.51. The van der Waals surface area contributed by atoms with E-state index in [9.17, 15) is 14.4 Å². The average molecular weight is 473 g/mol. The summed E-state index contributed by atoms with van der Waals surface area (Å²) in [6, 6.07) is 15.1. The van der Waals surface area contributed by atoms with Crippen LogP contribution in [-0.4, -0.2) is 38.3 Å². The quantitative estimate of drug-likeness (QED) is 0.379. The minimum Gasteiger partial charge on any atom is -0.453 e. The van der Waals surface area contributed by atoms with Gasteiger partial charge in [0.05, 0.1) is 25.6 Å². The summed E-state index contributed by atoms with van der Waals surface area (Å²) in [5.74, 6) is 0.0249. The van der Waals surface area contributed by atoms with Crippen LogP contribution in [0.5, 0.6) is 0 Å². The summed E-state index contributed by atoms with van der Waals surface area (Å²) in [6.45, 7) is 4.09. The maximum absolute atomic E-state index is 12.4. The molecule has 2 aromatic carbocycles. The zero-order chi connectivity index (χ0) is 24.2. The monoisotopic (exact) mass is 472 g/mol. The van der Waals surface area contributed by atoms with Crippen LogP contribution in [0.25, 0.3) is 0 Å². The molecule has 3 N–H and O–H groups in total. The molecule has 9 nitrogen and oxygen atoms in total. The van der Waals surface area contributed by atoms with Gasteiger partial charge in [-0.2, -0.15) is 0 Å². The molecule has 10 heteroatoms. The molecule has 0 aromatic heterocycles. The summed E-state index contributed by atoms with van der Waals surface area (Å²) in [7, 11) is 2.35. The highest BCUT2D eigenvalue weighted by molar-refractivity contribution is 7.99. The van der Waals surface area contributed by atoms with E-state index >= 15 is 0 Å². The molecule has 0 bridgehead atoms. The lowest BCUT2D eigenvalue weighted by Crippen LogP contribution is -2.36. The van der Waals surface area contributed by atoms with Gasteiger partial charge in [-0.3, -0.25) is 10.1 Å². The number of benzene rings is 2. The molecule has 0 saturated heterocycles. The van der Waals surface area contributed by atoms with Crippen LogP contribution < -0.4 is 16.0 Å². The smallest absolute Gasteiger partial charge is 0.436 e. The van der Waals surface area contributed by atoms with Gasteiger partial charge < -0.3 is 20.1 Å². The lowest BCUT2D eigenvalue weighted by atomic mass is 10.1. The minimum atomic E-state index is -0.925. The number of aliphatic imine (C=N–C) groups is 1. The Morgan fingerprint density at radius 1 is 0.939 bits per heavy atom. The minimum absolute atomic E-state index is 0.150. The van der Waals surface area contributed by atoms with Crippen molar-refractivity contribution in [3.8, 4) is 0 Å². The summed E-state index contributed by atoms with van der Waals surface area (Å²) in [4.78, 5) is 41.4. The van der Waals surface area contributed by atoms with Crippen LogP contribution >= 0.6 is 11.8 Å². The number of nitrogens with one attached hydrogen (secondary N) is 3. The Labute approximate surface area is 197 Å². The third-order valence-electron chi connectivity index (χ3n) is 4.23. The molecule has 0 aliphatic rings. The second-order valence-electron chi connectivity index (χ2n) is 7.28. The lowest BCUT2D eigenvalue weighted by Gasteiger charge is -2.16. The molecule has 0 aliphatic heterocycles. The molecular formula is C23H28N4O5S. The number of carbonyl (C=O) groups is 3. The van der Waals surface area contributed by atoms with Crippen molar-refractivity contribution in [1.82, 2.24) is 5.32 Å². The molecule has 2 rings (SSSR count). The Hall–Kier alpha value is -3.53. The maximum Gasteiger partial charge on any atom is 0.436 e. The highest BCUT2D eigenvalue weighted by atomic mass is 32.2. The van der Waals surface area contributed by atoms with Crippen molar-refractivity contribution in [2.75, 3.05) is 24.9 Å². The van der Waals surface area contributed by atoms with Crippen LogP contribution in [0.15, 0.2) is 63.3 Å². The van der Waals surface area contributed by atoms with Crippen molar-refractivity contribution in [2.24, 2.45) is 10.9 Å². The first-order valence-corrected chi connectivity index (χ1v) is 11.1. The molecular weight excluding hydrogens is 444 g/mol. The first-order chi connectivity index (χ1) is 15.8. The second kappa shape index (κ2) is 13.1. The van der Waals surface area contributed by atoms with Gasteiger partial charge in [-0.05, 0) is 42.7 Å². The standard InChI is InChI=1S/C23H28N4O5S/c1-15(2)10-13-20(28)24-18-12-11-17(33-16-8-6-5-7-9-16)14-19(18)25-21(26-22(29)31-3)27-23(30)32-4/h5-9,11-12,14-15H,10,13H2,1-4H3,(H,24,28)(H2,25,26,27,29,30). The fraction of sp³-hybridized carbons (Fsp3) is 0.304. The molecule has 0 unspecified atom stereocenters. The molecule has 0 aliphatic carbocycles. The topological polar surface area (TPSA) is 118 Å². The third kappa shape index (κ3) is 9.24. The van der Waals surface area contributed by atoms with E-state index in [4.69, 9.17) is 0 Å². The molecule has 33 heavy (non-hydrogen) atoms. The Morgan fingerprint density at radius 3 is 2.30 bits per heavy atom. The summed E-state index contributed by atoms with van der Waals surface area (Å²) < 4.78 is 9.14. The Morgan fingerprint density at radius 2 is 1.67 bits per heavy atom. The number of hydrogen-bond acceptors (Lipinski definition) is 6. The van der Waals surface area contributed by atoms with Gasteiger partial charge >= 0.3 is 12.2 Å². The summed E-state index contributed by atoms with van der Waals surface area (Å²) in [5.41, 5.74) is 0.887. The number of nitrogens with zero attached hydrogens (tertiary/aromatic N) is 1. The van der Waals surface area contributed by atoms with Crippen molar-refractivity contribution in [1.29, 1.82) is 0 Å². The van der Waals surface area contributed by atoms with Crippen molar-refractivity contribution in [3.63, 3.8) is 0 Å². The maximum atomic E-state index is 12.4. The largest absolute Gasteiger partial charge is 0.453 e. The fourth-order valence-corrected chi connectivity index (χ4v) is 3.43. The van der Waals surface area contributed by atoms with Gasteiger partial charge in [0, 0.05) is 16.2 Å². The number of alkyl carbamates (subject to hydrolysis) is 1. The zero-order valence-corrected chi connectivity index (χ0v) is 19.8. The number of anilines is 2. The third-order valence-corrected chi connectivity index (χ3v) is 5.23. The number of rotatable bonds is 7. The van der Waals surface area contributed by atoms with Crippen LogP contribution in [0.2, 0.25) is 0 Å². The van der Waals surface area contributed by atoms with E-state index in [0.29, 0.717) is 23.7 Å². The molecule has 0 spiro atoms. The molecule has 2 aromatic rings. The predicted molar refractivity (Wildman–Crippen MR) is 129 cm³/mol. The molecule has 0 fully saturated rings. The van der Waals surface area contributed by atoms with E-state index in [-0.39, 0.29) is 11.9 Å². The number of amides is 3. The van der Waals surface area contributed by atoms with E-state index < -0.39 is 12.2 Å². The zero-order valence-electron chi connectivity index (χ0n) is 19.0. The number of ether oxygens (including phenoxy) is 2. The van der Waals surface area contributed by atoms with E-state index in [1.165, 1.54) is 26.0 Å². The van der Waals surface area contributed by atoms with Gasteiger partial charge in [-0.15, -0.1) is 4.99 Å². The van der Waals surface area contributed by atoms with E-state index in [0.717, 1.165) is 16.2 Å². The van der Waals surface area contributed by atoms with Crippen LogP contribution in [-0.2, 0) is 14.3 Å². The summed E-state index contributed by atoms with van der Waals surface area (Å²) in [5, 5.41) is 8.08.